The molecule has 20 heavy (non-hydrogen) atoms. The number of rotatable bonds is 6. The zero-order valence-electron chi connectivity index (χ0n) is 11.6. The number of halogens is 2. The van der Waals surface area contributed by atoms with Gasteiger partial charge in [0, 0.05) is 13.1 Å². The van der Waals surface area contributed by atoms with Gasteiger partial charge in [-0.2, -0.15) is 0 Å². The number of β-amino-alcohol motifs (C(OH)–C–C–N with tert-alkyl or cyclic N) is 1. The van der Waals surface area contributed by atoms with Crippen LogP contribution >= 0.6 is 11.6 Å². The van der Waals surface area contributed by atoms with Gasteiger partial charge in [-0.1, -0.05) is 17.7 Å². The average Bonchev–Trinajstić information content (AvgIpc) is 2.45. The standard InChI is InChI=1S/C15H22ClFN2O/c16-14-2-1-13(9-15(14)17)11-18-10-12-3-5-19(6-4-12)7-8-20/h1-2,9,12,18,20H,3-8,10-11H2. The first-order valence-electron chi connectivity index (χ1n) is 7.17. The highest BCUT2D eigenvalue weighted by Gasteiger charge is 2.18. The predicted octanol–water partition coefficient (Wildman–Crippen LogP) is 2.27. The zero-order chi connectivity index (χ0) is 14.4. The van der Waals surface area contributed by atoms with Crippen molar-refractivity contribution < 1.29 is 9.50 Å². The highest BCUT2D eigenvalue weighted by molar-refractivity contribution is 6.30. The van der Waals surface area contributed by atoms with Crippen molar-refractivity contribution in [2.24, 2.45) is 5.92 Å². The number of nitrogens with one attached hydrogen (secondary N) is 1. The summed E-state index contributed by atoms with van der Waals surface area (Å²) in [5, 5.41) is 12.5. The first-order chi connectivity index (χ1) is 9.69. The molecule has 2 N–H and O–H groups in total. The van der Waals surface area contributed by atoms with Crippen LogP contribution in [0.15, 0.2) is 18.2 Å². The van der Waals surface area contributed by atoms with Gasteiger partial charge in [0.1, 0.15) is 5.82 Å². The molecule has 0 saturated carbocycles. The van der Waals surface area contributed by atoms with E-state index in [1.165, 1.54) is 6.07 Å². The monoisotopic (exact) mass is 300 g/mol. The predicted molar refractivity (Wildman–Crippen MR) is 79.4 cm³/mol. The molecule has 0 bridgehead atoms. The molecule has 1 aliphatic heterocycles. The Morgan fingerprint density at radius 2 is 2.10 bits per heavy atom. The molecule has 0 aromatic heterocycles. The van der Waals surface area contributed by atoms with Crippen LogP contribution in [0.4, 0.5) is 4.39 Å². The minimum absolute atomic E-state index is 0.171. The van der Waals surface area contributed by atoms with E-state index in [-0.39, 0.29) is 17.4 Å². The summed E-state index contributed by atoms with van der Waals surface area (Å²) in [6, 6.07) is 4.93. The Morgan fingerprint density at radius 3 is 2.75 bits per heavy atom. The smallest absolute Gasteiger partial charge is 0.142 e. The Kier molecular flexibility index (Phi) is 6.23. The minimum Gasteiger partial charge on any atom is -0.395 e. The van der Waals surface area contributed by atoms with Crippen molar-refractivity contribution in [1.82, 2.24) is 10.2 Å². The maximum atomic E-state index is 13.3. The summed E-state index contributed by atoms with van der Waals surface area (Å²) in [4.78, 5) is 2.30. The van der Waals surface area contributed by atoms with Gasteiger partial charge in [0.25, 0.3) is 0 Å². The van der Waals surface area contributed by atoms with Gasteiger partial charge >= 0.3 is 0 Å². The van der Waals surface area contributed by atoms with Crippen LogP contribution < -0.4 is 5.32 Å². The summed E-state index contributed by atoms with van der Waals surface area (Å²) in [6.07, 6.45) is 2.31. The lowest BCUT2D eigenvalue weighted by Gasteiger charge is -2.31. The van der Waals surface area contributed by atoms with Gasteiger partial charge in [-0.3, -0.25) is 0 Å². The van der Waals surface area contributed by atoms with E-state index >= 15 is 0 Å². The molecule has 112 valence electrons. The van der Waals surface area contributed by atoms with Gasteiger partial charge in [-0.05, 0) is 56.1 Å². The molecule has 0 spiro atoms. The Morgan fingerprint density at radius 1 is 1.35 bits per heavy atom. The Bertz CT molecular complexity index is 422. The summed E-state index contributed by atoms with van der Waals surface area (Å²) >= 11 is 5.66. The third kappa shape index (κ3) is 4.70. The molecule has 1 aromatic carbocycles. The summed E-state index contributed by atoms with van der Waals surface area (Å²) in [5.41, 5.74) is 0.921. The van der Waals surface area contributed by atoms with Gasteiger partial charge in [0.05, 0.1) is 11.6 Å². The number of aliphatic hydroxyl groups excluding tert-OH is 1. The van der Waals surface area contributed by atoms with E-state index in [1.54, 1.807) is 6.07 Å². The van der Waals surface area contributed by atoms with Crippen molar-refractivity contribution in [3.8, 4) is 0 Å². The van der Waals surface area contributed by atoms with Crippen LogP contribution in [0.2, 0.25) is 5.02 Å². The van der Waals surface area contributed by atoms with Crippen LogP contribution in [0.1, 0.15) is 18.4 Å². The summed E-state index contributed by atoms with van der Waals surface area (Å²) in [7, 11) is 0. The number of piperidine rings is 1. The Labute approximate surface area is 124 Å². The summed E-state index contributed by atoms with van der Waals surface area (Å²) in [5.74, 6) is 0.311. The first-order valence-corrected chi connectivity index (χ1v) is 7.54. The lowest BCUT2D eigenvalue weighted by molar-refractivity contribution is 0.146. The molecular formula is C15H22ClFN2O. The summed E-state index contributed by atoms with van der Waals surface area (Å²) in [6.45, 7) is 4.77. The second kappa shape index (κ2) is 7.93. The van der Waals surface area contributed by atoms with Crippen molar-refractivity contribution in [2.75, 3.05) is 32.8 Å². The molecule has 1 saturated heterocycles. The summed E-state index contributed by atoms with van der Waals surface area (Å²) < 4.78 is 13.3. The number of hydrogen-bond acceptors (Lipinski definition) is 3. The molecule has 0 amide bonds. The van der Waals surface area contributed by atoms with Gasteiger partial charge < -0.3 is 15.3 Å². The average molecular weight is 301 g/mol. The van der Waals surface area contributed by atoms with Crippen LogP contribution in [0, 0.1) is 11.7 Å². The number of aliphatic hydroxyl groups is 1. The topological polar surface area (TPSA) is 35.5 Å². The van der Waals surface area contributed by atoms with E-state index in [0.717, 1.165) is 44.6 Å². The maximum Gasteiger partial charge on any atom is 0.142 e. The van der Waals surface area contributed by atoms with Crippen molar-refractivity contribution in [1.29, 1.82) is 0 Å². The van der Waals surface area contributed by atoms with Gasteiger partial charge in [-0.15, -0.1) is 0 Å². The fourth-order valence-electron chi connectivity index (χ4n) is 2.63. The largest absolute Gasteiger partial charge is 0.395 e. The molecule has 1 aliphatic rings. The van der Waals surface area contributed by atoms with Crippen molar-refractivity contribution in [3.63, 3.8) is 0 Å². The van der Waals surface area contributed by atoms with Gasteiger partial charge in [0.2, 0.25) is 0 Å². The number of nitrogens with zero attached hydrogens (tertiary/aromatic N) is 1. The lowest BCUT2D eigenvalue weighted by Crippen LogP contribution is -2.38. The Balaban J connectivity index is 1.67. The molecule has 1 aromatic rings. The minimum atomic E-state index is -0.358. The van der Waals surface area contributed by atoms with Crippen molar-refractivity contribution in [2.45, 2.75) is 19.4 Å². The normalized spacial score (nSPS) is 17.6. The highest BCUT2D eigenvalue weighted by atomic mass is 35.5. The number of benzene rings is 1. The first kappa shape index (κ1) is 15.7. The van der Waals surface area contributed by atoms with Gasteiger partial charge in [0.15, 0.2) is 0 Å². The van der Waals surface area contributed by atoms with E-state index in [4.69, 9.17) is 16.7 Å². The fraction of sp³-hybridized carbons (Fsp3) is 0.600. The van der Waals surface area contributed by atoms with Crippen LogP contribution in [-0.2, 0) is 6.54 Å². The molecular weight excluding hydrogens is 279 g/mol. The van der Waals surface area contributed by atoms with E-state index in [2.05, 4.69) is 10.2 Å². The lowest BCUT2D eigenvalue weighted by atomic mass is 9.97. The SMILES string of the molecule is OCCN1CCC(CNCc2ccc(Cl)c(F)c2)CC1. The van der Waals surface area contributed by atoms with Gasteiger partial charge in [-0.25, -0.2) is 4.39 Å². The van der Waals surface area contributed by atoms with E-state index in [9.17, 15) is 4.39 Å². The van der Waals surface area contributed by atoms with Crippen LogP contribution in [-0.4, -0.2) is 42.8 Å². The maximum absolute atomic E-state index is 13.3. The van der Waals surface area contributed by atoms with Crippen molar-refractivity contribution >= 4 is 11.6 Å². The van der Waals surface area contributed by atoms with Crippen molar-refractivity contribution in [3.05, 3.63) is 34.6 Å². The van der Waals surface area contributed by atoms with E-state index in [0.29, 0.717) is 12.5 Å². The van der Waals surface area contributed by atoms with E-state index in [1.807, 2.05) is 6.07 Å². The second-order valence-electron chi connectivity index (χ2n) is 5.39. The number of hydrogen-bond donors (Lipinski definition) is 2. The second-order valence-corrected chi connectivity index (χ2v) is 5.80. The molecule has 1 heterocycles. The number of likely N-dealkylation sites (tertiary alicyclic amines) is 1. The molecule has 5 heteroatoms. The molecule has 1 fully saturated rings. The van der Waals surface area contributed by atoms with E-state index < -0.39 is 0 Å². The molecule has 0 radical (unpaired) electrons. The third-order valence-corrected chi connectivity index (χ3v) is 4.18. The zero-order valence-corrected chi connectivity index (χ0v) is 12.4. The molecule has 0 aliphatic carbocycles. The third-order valence-electron chi connectivity index (χ3n) is 3.87. The fourth-order valence-corrected chi connectivity index (χ4v) is 2.74. The molecule has 0 atom stereocenters. The van der Waals surface area contributed by atoms with Crippen LogP contribution in [0.5, 0.6) is 0 Å². The molecule has 0 unspecified atom stereocenters. The Hall–Kier alpha value is -0.680. The quantitative estimate of drug-likeness (QED) is 0.846. The van der Waals surface area contributed by atoms with Crippen LogP contribution in [0.3, 0.4) is 0 Å². The highest BCUT2D eigenvalue weighted by Crippen LogP contribution is 2.17. The molecule has 3 nitrogen and oxygen atoms in total. The van der Waals surface area contributed by atoms with Crippen LogP contribution in [0.25, 0.3) is 0 Å². The molecule has 2 rings (SSSR count).